The maximum atomic E-state index is 11.9. The predicted octanol–water partition coefficient (Wildman–Crippen LogP) is 1.50. The maximum absolute atomic E-state index is 11.9. The van der Waals surface area contributed by atoms with Crippen LogP contribution in [0, 0.1) is 0 Å². The number of rotatable bonds is 6. The van der Waals surface area contributed by atoms with Crippen molar-refractivity contribution in [2.75, 3.05) is 12.9 Å². The summed E-state index contributed by atoms with van der Waals surface area (Å²) in [5.74, 6) is 0.284. The minimum atomic E-state index is -0.724. The van der Waals surface area contributed by atoms with Gasteiger partial charge in [0.05, 0.1) is 12.1 Å². The van der Waals surface area contributed by atoms with Crippen LogP contribution in [0.2, 0.25) is 0 Å². The Morgan fingerprint density at radius 2 is 2.33 bits per heavy atom. The number of nitrogens with one attached hydrogen (secondary N) is 1. The Bertz CT molecular complexity index is 386. The van der Waals surface area contributed by atoms with Crippen molar-refractivity contribution in [2.45, 2.75) is 37.4 Å². The summed E-state index contributed by atoms with van der Waals surface area (Å²) in [7, 11) is 1.40. The summed E-state index contributed by atoms with van der Waals surface area (Å²) in [6, 6.07) is 2.01. The Balaban J connectivity index is 2.70. The monoisotopic (exact) mass is 269 g/mol. The van der Waals surface area contributed by atoms with E-state index in [1.807, 2.05) is 26.8 Å². The quantitative estimate of drug-likeness (QED) is 0.479. The number of carbonyl (C=O) groups excluding carboxylic acids is 1. The zero-order chi connectivity index (χ0) is 13.6. The van der Waals surface area contributed by atoms with Crippen molar-refractivity contribution in [1.82, 2.24) is 15.3 Å². The summed E-state index contributed by atoms with van der Waals surface area (Å²) < 4.78 is 4.86. The summed E-state index contributed by atoms with van der Waals surface area (Å²) in [6.45, 7) is 5.83. The Morgan fingerprint density at radius 1 is 1.61 bits per heavy atom. The zero-order valence-corrected chi connectivity index (χ0v) is 12.0. The minimum Gasteiger partial charge on any atom is -0.468 e. The van der Waals surface area contributed by atoms with Crippen molar-refractivity contribution in [2.24, 2.45) is 0 Å². The standard InChI is InChI=1S/C12H19N3O2S/c1-9(2)15-12(3,11(16)17-4)7-18-10-5-6-13-8-14-10/h5-6,8-9,15H,7H2,1-4H3. The molecule has 100 valence electrons. The van der Waals surface area contributed by atoms with E-state index in [1.165, 1.54) is 25.2 Å². The van der Waals surface area contributed by atoms with Crippen molar-refractivity contribution < 1.29 is 9.53 Å². The molecule has 0 bridgehead atoms. The Kier molecular flexibility index (Phi) is 5.55. The van der Waals surface area contributed by atoms with Gasteiger partial charge in [-0.25, -0.2) is 9.97 Å². The molecule has 1 heterocycles. The van der Waals surface area contributed by atoms with Crippen LogP contribution in [0.1, 0.15) is 20.8 Å². The molecule has 0 aliphatic rings. The highest BCUT2D eigenvalue weighted by molar-refractivity contribution is 7.99. The smallest absolute Gasteiger partial charge is 0.326 e. The Hall–Kier alpha value is -1.14. The summed E-state index contributed by atoms with van der Waals surface area (Å²) in [5, 5.41) is 4.08. The van der Waals surface area contributed by atoms with Crippen LogP contribution in [0.4, 0.5) is 0 Å². The largest absolute Gasteiger partial charge is 0.468 e. The van der Waals surface area contributed by atoms with E-state index in [9.17, 15) is 4.79 Å². The number of esters is 1. The van der Waals surface area contributed by atoms with Gasteiger partial charge in [0.1, 0.15) is 11.9 Å². The molecular weight excluding hydrogens is 250 g/mol. The lowest BCUT2D eigenvalue weighted by Gasteiger charge is -2.29. The van der Waals surface area contributed by atoms with Crippen LogP contribution in [-0.2, 0) is 9.53 Å². The van der Waals surface area contributed by atoms with Gasteiger partial charge in [-0.1, -0.05) is 0 Å². The first-order valence-electron chi connectivity index (χ1n) is 5.73. The molecule has 0 spiro atoms. The molecule has 0 amide bonds. The van der Waals surface area contributed by atoms with Crippen LogP contribution in [0.15, 0.2) is 23.6 Å². The molecule has 0 radical (unpaired) electrons. The van der Waals surface area contributed by atoms with E-state index in [4.69, 9.17) is 4.74 Å². The lowest BCUT2D eigenvalue weighted by atomic mass is 10.0. The molecule has 6 heteroatoms. The molecule has 0 saturated heterocycles. The summed E-state index contributed by atoms with van der Waals surface area (Å²) in [5.41, 5.74) is -0.724. The van der Waals surface area contributed by atoms with Crippen molar-refractivity contribution in [3.05, 3.63) is 18.6 Å². The fourth-order valence-corrected chi connectivity index (χ4v) is 2.52. The number of nitrogens with zero attached hydrogens (tertiary/aromatic N) is 2. The molecule has 1 rings (SSSR count). The van der Waals surface area contributed by atoms with Crippen LogP contribution in [0.25, 0.3) is 0 Å². The van der Waals surface area contributed by atoms with E-state index in [-0.39, 0.29) is 12.0 Å². The molecule has 1 aromatic heterocycles. The molecule has 0 saturated carbocycles. The fraction of sp³-hybridized carbons (Fsp3) is 0.583. The highest BCUT2D eigenvalue weighted by Gasteiger charge is 2.34. The summed E-state index contributed by atoms with van der Waals surface area (Å²) in [4.78, 5) is 19.8. The number of hydrogen-bond acceptors (Lipinski definition) is 6. The number of ether oxygens (including phenoxy) is 1. The van der Waals surface area contributed by atoms with Gasteiger partial charge in [0.15, 0.2) is 0 Å². The second-order valence-corrected chi connectivity index (χ2v) is 5.45. The van der Waals surface area contributed by atoms with Crippen LogP contribution < -0.4 is 5.32 Å². The molecule has 1 N–H and O–H groups in total. The van der Waals surface area contributed by atoms with Gasteiger partial charge in [-0.15, -0.1) is 11.8 Å². The van der Waals surface area contributed by atoms with Gasteiger partial charge in [-0.3, -0.25) is 10.1 Å². The van der Waals surface area contributed by atoms with Gasteiger partial charge in [0.2, 0.25) is 0 Å². The first-order chi connectivity index (χ1) is 8.48. The minimum absolute atomic E-state index is 0.195. The highest BCUT2D eigenvalue weighted by Crippen LogP contribution is 2.21. The normalized spacial score (nSPS) is 14.3. The molecule has 5 nitrogen and oxygen atoms in total. The van der Waals surface area contributed by atoms with Gasteiger partial charge in [0.25, 0.3) is 0 Å². The summed E-state index contributed by atoms with van der Waals surface area (Å²) in [6.07, 6.45) is 3.17. The lowest BCUT2D eigenvalue weighted by Crippen LogP contribution is -2.54. The molecule has 0 aromatic carbocycles. The van der Waals surface area contributed by atoms with E-state index in [1.54, 1.807) is 6.20 Å². The van der Waals surface area contributed by atoms with E-state index in [2.05, 4.69) is 15.3 Å². The molecule has 18 heavy (non-hydrogen) atoms. The van der Waals surface area contributed by atoms with Gasteiger partial charge < -0.3 is 4.74 Å². The molecule has 0 fully saturated rings. The highest BCUT2D eigenvalue weighted by atomic mass is 32.2. The van der Waals surface area contributed by atoms with Crippen LogP contribution >= 0.6 is 11.8 Å². The number of thioether (sulfide) groups is 1. The number of aromatic nitrogens is 2. The zero-order valence-electron chi connectivity index (χ0n) is 11.1. The SMILES string of the molecule is COC(=O)C(C)(CSc1ccncn1)NC(C)C. The first kappa shape index (κ1) is 14.9. The Labute approximate surface area is 112 Å². The van der Waals surface area contributed by atoms with E-state index >= 15 is 0 Å². The van der Waals surface area contributed by atoms with Gasteiger partial charge in [-0.2, -0.15) is 0 Å². The first-order valence-corrected chi connectivity index (χ1v) is 6.71. The van der Waals surface area contributed by atoms with Gasteiger partial charge in [-0.05, 0) is 26.8 Å². The average molecular weight is 269 g/mol. The van der Waals surface area contributed by atoms with Crippen molar-refractivity contribution >= 4 is 17.7 Å². The maximum Gasteiger partial charge on any atom is 0.326 e. The van der Waals surface area contributed by atoms with Crippen molar-refractivity contribution in [1.29, 1.82) is 0 Å². The average Bonchev–Trinajstić information content (AvgIpc) is 2.36. The third-order valence-corrected chi connectivity index (χ3v) is 3.57. The van der Waals surface area contributed by atoms with Crippen molar-refractivity contribution in [3.63, 3.8) is 0 Å². The van der Waals surface area contributed by atoms with Gasteiger partial charge in [0, 0.05) is 18.0 Å². The lowest BCUT2D eigenvalue weighted by molar-refractivity contribution is -0.147. The molecule has 1 unspecified atom stereocenters. The number of hydrogen-bond donors (Lipinski definition) is 1. The third-order valence-electron chi connectivity index (χ3n) is 2.31. The summed E-state index contributed by atoms with van der Waals surface area (Å²) >= 11 is 1.50. The van der Waals surface area contributed by atoms with Crippen molar-refractivity contribution in [3.8, 4) is 0 Å². The molecular formula is C12H19N3O2S. The molecule has 1 aromatic rings. The number of methoxy groups -OCH3 is 1. The van der Waals surface area contributed by atoms with E-state index in [0.29, 0.717) is 5.75 Å². The number of carbonyl (C=O) groups is 1. The predicted molar refractivity (Wildman–Crippen MR) is 71.4 cm³/mol. The topological polar surface area (TPSA) is 64.1 Å². The second-order valence-electron chi connectivity index (χ2n) is 4.46. The molecule has 1 atom stereocenters. The second kappa shape index (κ2) is 6.70. The molecule has 0 aliphatic carbocycles. The van der Waals surface area contributed by atoms with E-state index < -0.39 is 5.54 Å². The van der Waals surface area contributed by atoms with Crippen LogP contribution in [0.3, 0.4) is 0 Å². The Morgan fingerprint density at radius 3 is 2.83 bits per heavy atom. The van der Waals surface area contributed by atoms with E-state index in [0.717, 1.165) is 5.03 Å². The molecule has 0 aliphatic heterocycles. The van der Waals surface area contributed by atoms with Crippen LogP contribution in [0.5, 0.6) is 0 Å². The van der Waals surface area contributed by atoms with Gasteiger partial charge >= 0.3 is 5.97 Å². The third kappa shape index (κ3) is 4.27. The fourth-order valence-electron chi connectivity index (χ4n) is 1.60. The van der Waals surface area contributed by atoms with Crippen LogP contribution in [-0.4, -0.2) is 40.4 Å².